The van der Waals surface area contributed by atoms with Gasteiger partial charge in [0.1, 0.15) is 11.5 Å². The summed E-state index contributed by atoms with van der Waals surface area (Å²) in [5.74, 6) is 0.825. The van der Waals surface area contributed by atoms with Crippen molar-refractivity contribution < 1.29 is 10.2 Å². The average molecular weight is 688 g/mol. The molecule has 0 fully saturated rings. The predicted octanol–water partition coefficient (Wildman–Crippen LogP) is 13.0. The summed E-state index contributed by atoms with van der Waals surface area (Å²) >= 11 is 3.73. The van der Waals surface area contributed by atoms with Crippen molar-refractivity contribution in [3.05, 3.63) is 117 Å². The highest BCUT2D eigenvalue weighted by Crippen LogP contribution is 2.54. The van der Waals surface area contributed by atoms with Crippen LogP contribution in [0.25, 0.3) is 43.8 Å². The second kappa shape index (κ2) is 13.7. The fourth-order valence-electron chi connectivity index (χ4n) is 7.95. The lowest BCUT2D eigenvalue weighted by molar-refractivity contribution is 0.447. The van der Waals surface area contributed by atoms with Gasteiger partial charge in [0.2, 0.25) is 0 Å². The Morgan fingerprint density at radius 3 is 1.96 bits per heavy atom. The van der Waals surface area contributed by atoms with E-state index in [4.69, 9.17) is 0 Å². The highest BCUT2D eigenvalue weighted by molar-refractivity contribution is 9.10. The van der Waals surface area contributed by atoms with Crippen molar-refractivity contribution in [1.82, 2.24) is 0 Å². The number of hydrogen-bond donors (Lipinski definition) is 2. The number of benzene rings is 5. The fraction of sp³-hybridized carbons (Fsp3) is 0.318. The van der Waals surface area contributed by atoms with Gasteiger partial charge in [-0.2, -0.15) is 0 Å². The largest absolute Gasteiger partial charge is 0.507 e. The van der Waals surface area contributed by atoms with Crippen LogP contribution in [-0.2, 0) is 19.3 Å². The van der Waals surface area contributed by atoms with Gasteiger partial charge in [-0.3, -0.25) is 0 Å². The molecule has 0 aliphatic heterocycles. The average Bonchev–Trinajstić information content (AvgIpc) is 3.10. The fourth-order valence-corrected chi connectivity index (χ4v) is 8.33. The maximum Gasteiger partial charge on any atom is 0.132 e. The van der Waals surface area contributed by atoms with Crippen molar-refractivity contribution in [2.24, 2.45) is 5.92 Å². The lowest BCUT2D eigenvalue weighted by Crippen LogP contribution is -2.17. The van der Waals surface area contributed by atoms with Crippen LogP contribution < -0.4 is 0 Å². The third-order valence-corrected chi connectivity index (χ3v) is 10.9. The van der Waals surface area contributed by atoms with Gasteiger partial charge in [0.05, 0.1) is 0 Å². The molecule has 0 heterocycles. The zero-order valence-corrected chi connectivity index (χ0v) is 30.3. The Bertz CT molecular complexity index is 2020. The molecule has 47 heavy (non-hydrogen) atoms. The third kappa shape index (κ3) is 5.82. The number of halogens is 1. The number of phenolic OH excluding ortho intramolecular Hbond substituents is 2. The second-order valence-electron chi connectivity index (χ2n) is 13.0. The molecule has 0 amide bonds. The van der Waals surface area contributed by atoms with Crippen molar-refractivity contribution in [1.29, 1.82) is 0 Å². The molecule has 0 saturated heterocycles. The molecule has 2 N–H and O–H groups in total. The van der Waals surface area contributed by atoms with Crippen LogP contribution in [-0.4, -0.2) is 10.2 Å². The molecule has 242 valence electrons. The smallest absolute Gasteiger partial charge is 0.132 e. The summed E-state index contributed by atoms with van der Waals surface area (Å²) in [4.78, 5) is 0. The van der Waals surface area contributed by atoms with Gasteiger partial charge in [-0.25, -0.2) is 0 Å². The number of fused-ring (bicyclic) bond motifs is 2. The molecule has 0 spiro atoms. The lowest BCUT2D eigenvalue weighted by Gasteiger charge is -2.33. The van der Waals surface area contributed by atoms with E-state index in [1.807, 2.05) is 12.1 Å². The van der Waals surface area contributed by atoms with E-state index >= 15 is 0 Å². The van der Waals surface area contributed by atoms with Crippen LogP contribution in [0.1, 0.15) is 89.0 Å². The Hall–Kier alpha value is -3.82. The Kier molecular flexibility index (Phi) is 9.67. The molecule has 3 heteroatoms. The van der Waals surface area contributed by atoms with Crippen molar-refractivity contribution >= 4 is 37.5 Å². The van der Waals surface area contributed by atoms with Crippen LogP contribution in [0, 0.1) is 5.92 Å². The molecule has 2 nitrogen and oxygen atoms in total. The monoisotopic (exact) mass is 686 g/mol. The minimum Gasteiger partial charge on any atom is -0.507 e. The van der Waals surface area contributed by atoms with E-state index in [0.29, 0.717) is 11.1 Å². The van der Waals surface area contributed by atoms with Gasteiger partial charge in [0.25, 0.3) is 0 Å². The first-order valence-electron chi connectivity index (χ1n) is 17.5. The van der Waals surface area contributed by atoms with E-state index in [-0.39, 0.29) is 23.3 Å². The molecular formula is C44H47BrO2. The zero-order valence-electron chi connectivity index (χ0n) is 28.7. The van der Waals surface area contributed by atoms with Gasteiger partial charge >= 0.3 is 0 Å². The normalized spacial score (nSPS) is 16.5. The topological polar surface area (TPSA) is 40.5 Å². The molecule has 5 aromatic carbocycles. The molecule has 0 aromatic heterocycles. The number of hydrogen-bond acceptors (Lipinski definition) is 2. The summed E-state index contributed by atoms with van der Waals surface area (Å²) in [6.45, 7) is 13.3. The summed E-state index contributed by atoms with van der Waals surface area (Å²) in [5.41, 5.74) is 10.8. The first kappa shape index (κ1) is 33.1. The number of aryl methyl sites for hydroxylation is 3. The summed E-state index contributed by atoms with van der Waals surface area (Å²) in [5, 5.41) is 29.2. The first-order valence-corrected chi connectivity index (χ1v) is 18.3. The molecule has 0 radical (unpaired) electrons. The second-order valence-corrected chi connectivity index (χ2v) is 13.9. The SMILES string of the molecule is CCC1=CC(CC)C(c2cc3cc(Br)ccc3c(-c3c(O)c(-c4c(CC)cc(CC)cc4CC)cc4ccccc34)c2O)C(CC)=C1. The van der Waals surface area contributed by atoms with Crippen molar-refractivity contribution in [3.8, 4) is 33.8 Å². The highest BCUT2D eigenvalue weighted by atomic mass is 79.9. The lowest BCUT2D eigenvalue weighted by atomic mass is 9.72. The third-order valence-electron chi connectivity index (χ3n) is 10.4. The highest BCUT2D eigenvalue weighted by Gasteiger charge is 2.32. The molecular weight excluding hydrogens is 640 g/mol. The summed E-state index contributed by atoms with van der Waals surface area (Å²) in [7, 11) is 0. The minimum absolute atomic E-state index is 0.0546. The van der Waals surface area contributed by atoms with Crippen LogP contribution in [0.4, 0.5) is 0 Å². The van der Waals surface area contributed by atoms with Gasteiger partial charge in [0, 0.05) is 32.6 Å². The molecule has 5 aromatic rings. The molecule has 2 atom stereocenters. The maximum absolute atomic E-state index is 12.7. The van der Waals surface area contributed by atoms with Crippen molar-refractivity contribution in [2.75, 3.05) is 0 Å². The van der Waals surface area contributed by atoms with E-state index in [1.54, 1.807) is 0 Å². The summed E-state index contributed by atoms with van der Waals surface area (Å²) < 4.78 is 0.988. The van der Waals surface area contributed by atoms with Crippen LogP contribution in [0.3, 0.4) is 0 Å². The van der Waals surface area contributed by atoms with E-state index in [0.717, 1.165) is 81.2 Å². The predicted molar refractivity (Wildman–Crippen MR) is 205 cm³/mol. The van der Waals surface area contributed by atoms with Crippen LogP contribution in [0.5, 0.6) is 11.5 Å². The van der Waals surface area contributed by atoms with Crippen LogP contribution in [0.2, 0.25) is 0 Å². The van der Waals surface area contributed by atoms with Gasteiger partial charge in [-0.1, -0.05) is 123 Å². The molecule has 1 aliphatic carbocycles. The van der Waals surface area contributed by atoms with Crippen LogP contribution >= 0.6 is 15.9 Å². The summed E-state index contributed by atoms with van der Waals surface area (Å²) in [6.07, 6.45) is 10.4. The number of rotatable bonds is 9. The maximum atomic E-state index is 12.7. The number of allylic oxidation sites excluding steroid dienone is 4. The van der Waals surface area contributed by atoms with Gasteiger partial charge in [0.15, 0.2) is 0 Å². The Morgan fingerprint density at radius 2 is 1.32 bits per heavy atom. The molecule has 0 bridgehead atoms. The quantitative estimate of drug-likeness (QED) is 0.162. The van der Waals surface area contributed by atoms with Gasteiger partial charge in [-0.15, -0.1) is 0 Å². The number of aromatic hydroxyl groups is 2. The number of phenols is 2. The van der Waals surface area contributed by atoms with E-state index in [9.17, 15) is 10.2 Å². The Labute approximate surface area is 289 Å². The molecule has 1 aliphatic rings. The van der Waals surface area contributed by atoms with Crippen molar-refractivity contribution in [2.45, 2.75) is 86.0 Å². The van der Waals surface area contributed by atoms with Crippen LogP contribution in [0.15, 0.2) is 94.5 Å². The first-order chi connectivity index (χ1) is 22.8. The minimum atomic E-state index is 0.0546. The Morgan fingerprint density at radius 1 is 0.638 bits per heavy atom. The van der Waals surface area contributed by atoms with Crippen molar-refractivity contribution in [3.63, 3.8) is 0 Å². The molecule has 2 unspecified atom stereocenters. The summed E-state index contributed by atoms with van der Waals surface area (Å²) in [6, 6.07) is 23.5. The molecule has 0 saturated carbocycles. The standard InChI is InChI=1S/C44H47BrO2/c1-7-26-19-28(9-3)39(29(10-4)20-26)37-24-32-15-13-14-16-35(32)41(43(37)46)42-36-18-17-34(45)23-33(36)25-38(44(42)47)40-30(11-5)21-27(8-2)22-31(40)12-6/h13-25,30,40,46-47H,7-12H2,1-6H3. The van der Waals surface area contributed by atoms with E-state index in [2.05, 4.69) is 124 Å². The van der Waals surface area contributed by atoms with E-state index in [1.165, 1.54) is 27.8 Å². The van der Waals surface area contributed by atoms with Gasteiger partial charge < -0.3 is 10.2 Å². The van der Waals surface area contributed by atoms with E-state index < -0.39 is 0 Å². The van der Waals surface area contributed by atoms with Gasteiger partial charge in [-0.05, 0) is 113 Å². The molecule has 6 rings (SSSR count). The zero-order chi connectivity index (χ0) is 33.4. The Balaban J connectivity index is 1.74.